The molecule has 21 heavy (non-hydrogen) atoms. The Labute approximate surface area is 123 Å². The molecule has 0 saturated heterocycles. The molecule has 0 fully saturated rings. The van der Waals surface area contributed by atoms with Crippen molar-refractivity contribution < 1.29 is 14.3 Å². The number of fused-ring (bicyclic) bond motifs is 1. The second-order valence-corrected chi connectivity index (χ2v) is 4.91. The minimum absolute atomic E-state index is 0.00729. The highest BCUT2D eigenvalue weighted by Crippen LogP contribution is 2.18. The fraction of sp³-hybridized carbons (Fsp3) is 0.500. The lowest BCUT2D eigenvalue weighted by atomic mass is 10.3. The number of rotatable bonds is 7. The van der Waals surface area contributed by atoms with Crippen LogP contribution in [-0.4, -0.2) is 47.6 Å². The van der Waals surface area contributed by atoms with Crippen LogP contribution in [0.4, 0.5) is 5.69 Å². The van der Waals surface area contributed by atoms with Crippen LogP contribution in [0.3, 0.4) is 0 Å². The van der Waals surface area contributed by atoms with E-state index in [0.29, 0.717) is 18.9 Å². The van der Waals surface area contributed by atoms with Crippen LogP contribution in [0.5, 0.6) is 0 Å². The maximum absolute atomic E-state index is 11.7. The molecule has 0 aliphatic rings. The van der Waals surface area contributed by atoms with E-state index < -0.39 is 0 Å². The summed E-state index contributed by atoms with van der Waals surface area (Å²) in [5, 5.41) is 7.92. The summed E-state index contributed by atoms with van der Waals surface area (Å²) < 4.78 is 11.8. The molecule has 1 amide bonds. The first kappa shape index (κ1) is 15.4. The van der Waals surface area contributed by atoms with Crippen LogP contribution in [0.2, 0.25) is 0 Å². The van der Waals surface area contributed by atoms with Crippen molar-refractivity contribution in [2.75, 3.05) is 32.2 Å². The fourth-order valence-electron chi connectivity index (χ4n) is 1.89. The summed E-state index contributed by atoms with van der Waals surface area (Å²) in [5.74, 6) is -0.219. The van der Waals surface area contributed by atoms with E-state index in [1.807, 2.05) is 24.6 Å². The van der Waals surface area contributed by atoms with E-state index in [2.05, 4.69) is 15.4 Å². The van der Waals surface area contributed by atoms with Crippen molar-refractivity contribution in [2.45, 2.75) is 19.9 Å². The van der Waals surface area contributed by atoms with Crippen molar-refractivity contribution in [1.82, 2.24) is 14.8 Å². The van der Waals surface area contributed by atoms with Crippen LogP contribution in [-0.2, 0) is 14.3 Å². The third-order valence-electron chi connectivity index (χ3n) is 2.87. The lowest BCUT2D eigenvalue weighted by Crippen LogP contribution is -2.19. The monoisotopic (exact) mass is 292 g/mol. The van der Waals surface area contributed by atoms with Gasteiger partial charge in [-0.1, -0.05) is 0 Å². The molecule has 2 aromatic heterocycles. The summed E-state index contributed by atoms with van der Waals surface area (Å²) in [4.78, 5) is 16.0. The number of carbonyl (C=O) groups is 1. The fourth-order valence-corrected chi connectivity index (χ4v) is 1.89. The van der Waals surface area contributed by atoms with E-state index in [4.69, 9.17) is 9.47 Å². The van der Waals surface area contributed by atoms with Crippen molar-refractivity contribution in [2.24, 2.45) is 0 Å². The van der Waals surface area contributed by atoms with E-state index in [9.17, 15) is 4.79 Å². The number of carbonyl (C=O) groups excluding carboxylic acids is 1. The number of ether oxygens (including phenoxy) is 2. The van der Waals surface area contributed by atoms with Gasteiger partial charge in [-0.3, -0.25) is 4.79 Å². The quantitative estimate of drug-likeness (QED) is 0.784. The number of aromatic nitrogens is 3. The van der Waals surface area contributed by atoms with Gasteiger partial charge in [-0.2, -0.15) is 5.10 Å². The summed E-state index contributed by atoms with van der Waals surface area (Å²) in [6, 6.07) is 2.09. The maximum Gasteiger partial charge on any atom is 0.250 e. The number of nitrogens with zero attached hydrogens (tertiary/aromatic N) is 3. The van der Waals surface area contributed by atoms with Crippen LogP contribution in [0.15, 0.2) is 18.5 Å². The van der Waals surface area contributed by atoms with Crippen molar-refractivity contribution in [3.05, 3.63) is 18.5 Å². The molecule has 0 radical (unpaired) electrons. The SMILES string of the molecule is COCCOCC(=O)Nc1cnc2c(cnn2C(C)C)c1. The van der Waals surface area contributed by atoms with Gasteiger partial charge in [0.2, 0.25) is 5.91 Å². The van der Waals surface area contributed by atoms with Gasteiger partial charge in [-0.05, 0) is 19.9 Å². The Morgan fingerprint density at radius 3 is 2.90 bits per heavy atom. The molecule has 0 aromatic carbocycles. The maximum atomic E-state index is 11.7. The highest BCUT2D eigenvalue weighted by atomic mass is 16.5. The normalized spacial score (nSPS) is 11.2. The molecular weight excluding hydrogens is 272 g/mol. The molecule has 0 bridgehead atoms. The molecule has 2 heterocycles. The highest BCUT2D eigenvalue weighted by molar-refractivity contribution is 5.93. The number of hydrogen-bond acceptors (Lipinski definition) is 5. The van der Waals surface area contributed by atoms with Crippen molar-refractivity contribution in [3.8, 4) is 0 Å². The van der Waals surface area contributed by atoms with Gasteiger partial charge in [-0.15, -0.1) is 0 Å². The molecule has 2 aromatic rings. The van der Waals surface area contributed by atoms with E-state index in [-0.39, 0.29) is 18.6 Å². The Morgan fingerprint density at radius 1 is 1.38 bits per heavy atom. The Kier molecular flexibility index (Phi) is 5.24. The molecule has 0 aliphatic carbocycles. The largest absolute Gasteiger partial charge is 0.382 e. The van der Waals surface area contributed by atoms with Crippen molar-refractivity contribution in [3.63, 3.8) is 0 Å². The first-order chi connectivity index (χ1) is 10.1. The Bertz CT molecular complexity index is 609. The molecular formula is C14H20N4O3. The Hall–Kier alpha value is -1.99. The molecule has 114 valence electrons. The average molecular weight is 292 g/mol. The van der Waals surface area contributed by atoms with Crippen LogP contribution in [0, 0.1) is 0 Å². The number of pyridine rings is 1. The zero-order valence-electron chi connectivity index (χ0n) is 12.5. The Morgan fingerprint density at radius 2 is 2.19 bits per heavy atom. The number of anilines is 1. The van der Waals surface area contributed by atoms with Crippen molar-refractivity contribution >= 4 is 22.6 Å². The minimum Gasteiger partial charge on any atom is -0.382 e. The summed E-state index contributed by atoms with van der Waals surface area (Å²) in [7, 11) is 1.58. The van der Waals surface area contributed by atoms with Gasteiger partial charge in [-0.25, -0.2) is 9.67 Å². The lowest BCUT2D eigenvalue weighted by Gasteiger charge is -2.08. The molecule has 1 N–H and O–H groups in total. The van der Waals surface area contributed by atoms with Gasteiger partial charge in [0.15, 0.2) is 5.65 Å². The second kappa shape index (κ2) is 7.14. The zero-order valence-corrected chi connectivity index (χ0v) is 12.5. The molecule has 0 atom stereocenters. The lowest BCUT2D eigenvalue weighted by molar-refractivity contribution is -0.121. The number of methoxy groups -OCH3 is 1. The van der Waals surface area contributed by atoms with Gasteiger partial charge >= 0.3 is 0 Å². The summed E-state index contributed by atoms with van der Waals surface area (Å²) >= 11 is 0. The third-order valence-corrected chi connectivity index (χ3v) is 2.87. The predicted molar refractivity (Wildman–Crippen MR) is 79.2 cm³/mol. The van der Waals surface area contributed by atoms with Crippen LogP contribution < -0.4 is 5.32 Å². The second-order valence-electron chi connectivity index (χ2n) is 4.91. The van der Waals surface area contributed by atoms with Gasteiger partial charge in [0.05, 0.1) is 31.3 Å². The zero-order chi connectivity index (χ0) is 15.2. The number of amides is 1. The average Bonchev–Trinajstić information content (AvgIpc) is 2.87. The van der Waals surface area contributed by atoms with E-state index in [1.54, 1.807) is 19.5 Å². The summed E-state index contributed by atoms with van der Waals surface area (Å²) in [6.07, 6.45) is 3.36. The highest BCUT2D eigenvalue weighted by Gasteiger charge is 2.09. The topological polar surface area (TPSA) is 78.3 Å². The molecule has 7 heteroatoms. The molecule has 0 unspecified atom stereocenters. The van der Waals surface area contributed by atoms with Gasteiger partial charge < -0.3 is 14.8 Å². The van der Waals surface area contributed by atoms with Gasteiger partial charge in [0.25, 0.3) is 0 Å². The van der Waals surface area contributed by atoms with Gasteiger partial charge in [0.1, 0.15) is 6.61 Å². The first-order valence-corrected chi connectivity index (χ1v) is 6.81. The van der Waals surface area contributed by atoms with Crippen LogP contribution >= 0.6 is 0 Å². The summed E-state index contributed by atoms with van der Waals surface area (Å²) in [6.45, 7) is 4.94. The van der Waals surface area contributed by atoms with E-state index in [0.717, 1.165) is 11.0 Å². The predicted octanol–water partition coefficient (Wildman–Crippen LogP) is 1.61. The van der Waals surface area contributed by atoms with Crippen LogP contribution in [0.1, 0.15) is 19.9 Å². The van der Waals surface area contributed by atoms with Gasteiger partial charge in [0, 0.05) is 18.5 Å². The number of hydrogen-bond donors (Lipinski definition) is 1. The van der Waals surface area contributed by atoms with Crippen molar-refractivity contribution in [1.29, 1.82) is 0 Å². The van der Waals surface area contributed by atoms with Crippen LogP contribution in [0.25, 0.3) is 11.0 Å². The molecule has 2 rings (SSSR count). The third kappa shape index (κ3) is 3.99. The standard InChI is InChI=1S/C14H20N4O3/c1-10(2)18-14-11(7-16-18)6-12(8-15-14)17-13(19)9-21-5-4-20-3/h6-8,10H,4-5,9H2,1-3H3,(H,17,19). The smallest absolute Gasteiger partial charge is 0.250 e. The molecule has 0 saturated carbocycles. The Balaban J connectivity index is 1.98. The number of nitrogens with one attached hydrogen (secondary N) is 1. The van der Waals surface area contributed by atoms with E-state index >= 15 is 0 Å². The molecule has 0 spiro atoms. The van der Waals surface area contributed by atoms with E-state index in [1.165, 1.54) is 0 Å². The molecule has 7 nitrogen and oxygen atoms in total. The summed E-state index contributed by atoms with van der Waals surface area (Å²) in [5.41, 5.74) is 1.44. The minimum atomic E-state index is -0.219. The molecule has 0 aliphatic heterocycles. The first-order valence-electron chi connectivity index (χ1n) is 6.81.